The van der Waals surface area contributed by atoms with Crippen molar-refractivity contribution in [1.29, 1.82) is 0 Å². The molecule has 0 aromatic rings. The van der Waals surface area contributed by atoms with Crippen LogP contribution in [0.2, 0.25) is 0 Å². The van der Waals surface area contributed by atoms with E-state index in [4.69, 9.17) is 9.47 Å². The van der Waals surface area contributed by atoms with Crippen molar-refractivity contribution < 1.29 is 9.47 Å². The van der Waals surface area contributed by atoms with Crippen molar-refractivity contribution in [3.8, 4) is 0 Å². The van der Waals surface area contributed by atoms with Crippen molar-refractivity contribution in [2.24, 2.45) is 0 Å². The molecule has 9 heavy (non-hydrogen) atoms. The van der Waals surface area contributed by atoms with Gasteiger partial charge in [0.25, 0.3) is 0 Å². The smallest absolute Gasteiger partial charge is 0.249 e. The third-order valence-electron chi connectivity index (χ3n) is 1.99. The molecule has 0 radical (unpaired) electrons. The predicted molar refractivity (Wildman–Crippen MR) is 32.5 cm³/mol. The Hall–Kier alpha value is -0.660. The molecular formula is C7H10O2. The van der Waals surface area contributed by atoms with Crippen LogP contribution in [0.1, 0.15) is 25.7 Å². The summed E-state index contributed by atoms with van der Waals surface area (Å²) in [7, 11) is 0. The predicted octanol–water partition coefficient (Wildman–Crippen LogP) is 1.77. The molecule has 2 nitrogen and oxygen atoms in total. The second kappa shape index (κ2) is 1.66. The Morgan fingerprint density at radius 3 is 2.11 bits per heavy atom. The first-order valence-corrected chi connectivity index (χ1v) is 3.42. The fourth-order valence-electron chi connectivity index (χ4n) is 1.48. The maximum Gasteiger partial charge on any atom is 0.249 e. The van der Waals surface area contributed by atoms with E-state index in [0.29, 0.717) is 0 Å². The highest BCUT2D eigenvalue weighted by molar-refractivity contribution is 4.87. The van der Waals surface area contributed by atoms with E-state index in [0.717, 1.165) is 12.8 Å². The average Bonchev–Trinajstić information content (AvgIpc) is 2.45. The lowest BCUT2D eigenvalue weighted by Gasteiger charge is -2.20. The van der Waals surface area contributed by atoms with Gasteiger partial charge in [0.15, 0.2) is 0 Å². The fourth-order valence-corrected chi connectivity index (χ4v) is 1.48. The van der Waals surface area contributed by atoms with Crippen LogP contribution in [0.5, 0.6) is 0 Å². The van der Waals surface area contributed by atoms with E-state index in [1.54, 1.807) is 12.5 Å². The molecule has 1 aliphatic heterocycles. The summed E-state index contributed by atoms with van der Waals surface area (Å²) in [6.45, 7) is 0. The molecule has 0 aromatic heterocycles. The fraction of sp³-hybridized carbons (Fsp3) is 0.714. The quantitative estimate of drug-likeness (QED) is 0.492. The molecule has 50 valence electrons. The van der Waals surface area contributed by atoms with Crippen molar-refractivity contribution in [2.45, 2.75) is 31.5 Å². The first-order chi connectivity index (χ1) is 4.41. The Bertz CT molecular complexity index is 124. The standard InChI is InChI=1S/C7H10O2/c1-2-4-7(3-1)8-5-6-9-7/h5-6H,1-4H2. The highest BCUT2D eigenvalue weighted by Crippen LogP contribution is 2.37. The summed E-state index contributed by atoms with van der Waals surface area (Å²) in [6, 6.07) is 0. The van der Waals surface area contributed by atoms with E-state index in [1.807, 2.05) is 0 Å². The number of hydrogen-bond donors (Lipinski definition) is 0. The van der Waals surface area contributed by atoms with Gasteiger partial charge in [0.1, 0.15) is 12.5 Å². The highest BCUT2D eigenvalue weighted by atomic mass is 16.7. The van der Waals surface area contributed by atoms with Gasteiger partial charge in [0, 0.05) is 12.8 Å². The van der Waals surface area contributed by atoms with Gasteiger partial charge in [0.05, 0.1) is 0 Å². The molecule has 0 saturated heterocycles. The molecule has 0 atom stereocenters. The molecule has 2 heteroatoms. The molecule has 0 bridgehead atoms. The largest absolute Gasteiger partial charge is 0.457 e. The van der Waals surface area contributed by atoms with Crippen LogP contribution in [0.4, 0.5) is 0 Å². The lowest BCUT2D eigenvalue weighted by Crippen LogP contribution is -2.24. The summed E-state index contributed by atoms with van der Waals surface area (Å²) in [5, 5.41) is 0. The van der Waals surface area contributed by atoms with Crippen LogP contribution in [-0.2, 0) is 9.47 Å². The molecule has 0 aromatic carbocycles. The van der Waals surface area contributed by atoms with E-state index in [-0.39, 0.29) is 5.79 Å². The van der Waals surface area contributed by atoms with Gasteiger partial charge in [-0.2, -0.15) is 0 Å². The molecule has 0 unspecified atom stereocenters. The zero-order chi connectivity index (χ0) is 6.16. The maximum atomic E-state index is 5.30. The minimum atomic E-state index is -0.222. The van der Waals surface area contributed by atoms with Crippen LogP contribution in [0.15, 0.2) is 12.5 Å². The number of ether oxygens (including phenoxy) is 2. The molecular weight excluding hydrogens is 116 g/mol. The van der Waals surface area contributed by atoms with E-state index in [2.05, 4.69) is 0 Å². The molecule has 2 aliphatic rings. The summed E-state index contributed by atoms with van der Waals surface area (Å²) in [6.07, 6.45) is 7.87. The molecule has 1 aliphatic carbocycles. The van der Waals surface area contributed by atoms with Crippen LogP contribution in [0.25, 0.3) is 0 Å². The van der Waals surface area contributed by atoms with Gasteiger partial charge < -0.3 is 9.47 Å². The van der Waals surface area contributed by atoms with Crippen LogP contribution in [-0.4, -0.2) is 5.79 Å². The minimum absolute atomic E-state index is 0.222. The summed E-state index contributed by atoms with van der Waals surface area (Å²) in [5.41, 5.74) is 0. The summed E-state index contributed by atoms with van der Waals surface area (Å²) in [4.78, 5) is 0. The first kappa shape index (κ1) is 5.15. The zero-order valence-electron chi connectivity index (χ0n) is 5.30. The van der Waals surface area contributed by atoms with E-state index in [9.17, 15) is 0 Å². The molecule has 1 fully saturated rings. The summed E-state index contributed by atoms with van der Waals surface area (Å²) >= 11 is 0. The van der Waals surface area contributed by atoms with Crippen molar-refractivity contribution in [3.63, 3.8) is 0 Å². The lowest BCUT2D eigenvalue weighted by atomic mass is 10.2. The molecule has 0 N–H and O–H groups in total. The van der Waals surface area contributed by atoms with Crippen molar-refractivity contribution in [3.05, 3.63) is 12.5 Å². The van der Waals surface area contributed by atoms with Gasteiger partial charge in [-0.15, -0.1) is 0 Å². The maximum absolute atomic E-state index is 5.30. The highest BCUT2D eigenvalue weighted by Gasteiger charge is 2.38. The summed E-state index contributed by atoms with van der Waals surface area (Å²) in [5.74, 6) is -0.222. The minimum Gasteiger partial charge on any atom is -0.457 e. The van der Waals surface area contributed by atoms with Crippen molar-refractivity contribution in [1.82, 2.24) is 0 Å². The van der Waals surface area contributed by atoms with Crippen LogP contribution in [0, 0.1) is 0 Å². The monoisotopic (exact) mass is 126 g/mol. The van der Waals surface area contributed by atoms with E-state index >= 15 is 0 Å². The molecule has 1 spiro atoms. The van der Waals surface area contributed by atoms with Gasteiger partial charge in [-0.3, -0.25) is 0 Å². The molecule has 1 heterocycles. The van der Waals surface area contributed by atoms with Crippen LogP contribution < -0.4 is 0 Å². The van der Waals surface area contributed by atoms with E-state index in [1.165, 1.54) is 12.8 Å². The third kappa shape index (κ3) is 0.696. The van der Waals surface area contributed by atoms with Gasteiger partial charge in [-0.1, -0.05) is 0 Å². The second-order valence-electron chi connectivity index (χ2n) is 2.63. The Morgan fingerprint density at radius 1 is 1.00 bits per heavy atom. The number of hydrogen-bond acceptors (Lipinski definition) is 2. The van der Waals surface area contributed by atoms with Crippen molar-refractivity contribution in [2.75, 3.05) is 0 Å². The van der Waals surface area contributed by atoms with Crippen LogP contribution in [0.3, 0.4) is 0 Å². The zero-order valence-corrected chi connectivity index (χ0v) is 5.30. The van der Waals surface area contributed by atoms with Gasteiger partial charge in [-0.05, 0) is 12.8 Å². The van der Waals surface area contributed by atoms with Gasteiger partial charge in [-0.25, -0.2) is 0 Å². The number of rotatable bonds is 0. The Morgan fingerprint density at radius 2 is 1.56 bits per heavy atom. The second-order valence-corrected chi connectivity index (χ2v) is 2.63. The van der Waals surface area contributed by atoms with Gasteiger partial charge in [0.2, 0.25) is 5.79 Å². The average molecular weight is 126 g/mol. The summed E-state index contributed by atoms with van der Waals surface area (Å²) < 4.78 is 10.6. The normalized spacial score (nSPS) is 28.4. The molecule has 0 amide bonds. The topological polar surface area (TPSA) is 18.5 Å². The molecule has 1 saturated carbocycles. The lowest BCUT2D eigenvalue weighted by molar-refractivity contribution is -0.134. The molecule has 2 rings (SSSR count). The van der Waals surface area contributed by atoms with E-state index < -0.39 is 0 Å². The first-order valence-electron chi connectivity index (χ1n) is 3.42. The van der Waals surface area contributed by atoms with Gasteiger partial charge >= 0.3 is 0 Å². The van der Waals surface area contributed by atoms with Crippen molar-refractivity contribution >= 4 is 0 Å². The Labute approximate surface area is 54.5 Å². The van der Waals surface area contributed by atoms with Crippen LogP contribution >= 0.6 is 0 Å². The third-order valence-corrected chi connectivity index (χ3v) is 1.99. The SMILES string of the molecule is C1=COC2(CCCC2)O1. The Balaban J connectivity index is 2.07. The Kier molecular flexibility index (Phi) is 0.949.